The number of carbonyl (C=O) groups is 2. The van der Waals surface area contributed by atoms with Crippen molar-refractivity contribution in [3.63, 3.8) is 0 Å². The topological polar surface area (TPSA) is 67.9 Å². The summed E-state index contributed by atoms with van der Waals surface area (Å²) in [5.74, 6) is 1.08. The van der Waals surface area contributed by atoms with Crippen molar-refractivity contribution in [2.45, 2.75) is 23.0 Å². The van der Waals surface area contributed by atoms with Crippen LogP contribution in [0.3, 0.4) is 0 Å². The number of amides is 2. The van der Waals surface area contributed by atoms with Gasteiger partial charge in [0.1, 0.15) is 6.54 Å². The highest BCUT2D eigenvalue weighted by atomic mass is 32.2. The van der Waals surface area contributed by atoms with Crippen molar-refractivity contribution < 1.29 is 19.1 Å². The van der Waals surface area contributed by atoms with Gasteiger partial charge in [-0.05, 0) is 41.8 Å². The number of methoxy groups -OCH3 is 2. The standard InChI is InChI=1S/C27H28N2O4S/c1-32-22-13-12-19(16-23(22)33-2)14-15-28-26(30)18-29-21-10-6-7-11-24(21)34-25(17-27(29)31)20-8-4-3-5-9-20/h3-13,16,25H,14-15,17-18H2,1-2H3,(H,28,30). The number of nitrogens with zero attached hydrogens (tertiary/aromatic N) is 1. The Morgan fingerprint density at radius 2 is 1.74 bits per heavy atom. The van der Waals surface area contributed by atoms with Gasteiger partial charge in [-0.15, -0.1) is 11.8 Å². The Morgan fingerprint density at radius 1 is 1.00 bits per heavy atom. The van der Waals surface area contributed by atoms with E-state index in [1.54, 1.807) is 30.9 Å². The fraction of sp³-hybridized carbons (Fsp3) is 0.259. The first-order valence-corrected chi connectivity index (χ1v) is 12.1. The molecule has 4 rings (SSSR count). The van der Waals surface area contributed by atoms with Crippen LogP contribution in [0.25, 0.3) is 0 Å². The van der Waals surface area contributed by atoms with Crippen LogP contribution in [0, 0.1) is 0 Å². The predicted octanol–water partition coefficient (Wildman–Crippen LogP) is 4.63. The zero-order chi connectivity index (χ0) is 23.9. The smallest absolute Gasteiger partial charge is 0.240 e. The van der Waals surface area contributed by atoms with Gasteiger partial charge in [0.25, 0.3) is 0 Å². The van der Waals surface area contributed by atoms with Crippen molar-refractivity contribution in [3.05, 3.63) is 83.9 Å². The molecule has 1 N–H and O–H groups in total. The monoisotopic (exact) mass is 476 g/mol. The molecule has 0 fully saturated rings. The van der Waals surface area contributed by atoms with Crippen molar-refractivity contribution in [1.29, 1.82) is 0 Å². The number of nitrogens with one attached hydrogen (secondary N) is 1. The first-order valence-electron chi connectivity index (χ1n) is 11.2. The number of thioether (sulfide) groups is 1. The molecule has 1 aliphatic rings. The van der Waals surface area contributed by atoms with Crippen molar-refractivity contribution in [3.8, 4) is 11.5 Å². The molecule has 0 saturated heterocycles. The Hall–Kier alpha value is -3.45. The van der Waals surface area contributed by atoms with Gasteiger partial charge in [0.15, 0.2) is 11.5 Å². The minimum absolute atomic E-state index is 0.00737. The van der Waals surface area contributed by atoms with E-state index in [2.05, 4.69) is 5.32 Å². The third kappa shape index (κ3) is 5.54. The molecule has 1 atom stereocenters. The molecule has 6 nitrogen and oxygen atoms in total. The second kappa shape index (κ2) is 11.1. The first kappa shape index (κ1) is 23.7. The third-order valence-electron chi connectivity index (χ3n) is 5.74. The number of ether oxygens (including phenoxy) is 2. The summed E-state index contributed by atoms with van der Waals surface area (Å²) in [6.45, 7) is 0.448. The van der Waals surface area contributed by atoms with Gasteiger partial charge in [-0.25, -0.2) is 0 Å². The highest BCUT2D eigenvalue weighted by Crippen LogP contribution is 2.45. The summed E-state index contributed by atoms with van der Waals surface area (Å²) >= 11 is 1.67. The van der Waals surface area contributed by atoms with E-state index < -0.39 is 0 Å². The number of fused-ring (bicyclic) bond motifs is 1. The molecule has 1 aliphatic heterocycles. The van der Waals surface area contributed by atoms with E-state index in [1.165, 1.54) is 0 Å². The van der Waals surface area contributed by atoms with Gasteiger partial charge in [0.05, 0.1) is 19.9 Å². The largest absolute Gasteiger partial charge is 0.493 e. The summed E-state index contributed by atoms with van der Waals surface area (Å²) in [6.07, 6.45) is 0.977. The molecule has 3 aromatic carbocycles. The Kier molecular flexibility index (Phi) is 7.75. The quantitative estimate of drug-likeness (QED) is 0.513. The Balaban J connectivity index is 1.41. The summed E-state index contributed by atoms with van der Waals surface area (Å²) < 4.78 is 10.6. The van der Waals surface area contributed by atoms with Gasteiger partial charge in [-0.3, -0.25) is 9.59 Å². The molecule has 2 amide bonds. The van der Waals surface area contributed by atoms with Gasteiger partial charge in [-0.2, -0.15) is 0 Å². The number of hydrogen-bond donors (Lipinski definition) is 1. The third-order valence-corrected chi connectivity index (χ3v) is 7.07. The summed E-state index contributed by atoms with van der Waals surface area (Å²) in [7, 11) is 3.20. The van der Waals surface area contributed by atoms with Gasteiger partial charge in [0.2, 0.25) is 11.8 Å². The Labute approximate surface area is 204 Å². The molecule has 176 valence electrons. The van der Waals surface area contributed by atoms with E-state index in [4.69, 9.17) is 9.47 Å². The highest BCUT2D eigenvalue weighted by Gasteiger charge is 2.30. The predicted molar refractivity (Wildman–Crippen MR) is 135 cm³/mol. The van der Waals surface area contributed by atoms with Crippen molar-refractivity contribution in [2.24, 2.45) is 0 Å². The first-order chi connectivity index (χ1) is 16.6. The lowest BCUT2D eigenvalue weighted by molar-refractivity contribution is -0.123. The Bertz CT molecular complexity index is 1150. The maximum Gasteiger partial charge on any atom is 0.240 e. The lowest BCUT2D eigenvalue weighted by Gasteiger charge is -2.22. The van der Waals surface area contributed by atoms with Crippen LogP contribution in [0.4, 0.5) is 5.69 Å². The molecule has 0 radical (unpaired) electrons. The van der Waals surface area contributed by atoms with Crippen molar-refractivity contribution in [1.82, 2.24) is 5.32 Å². The van der Waals surface area contributed by atoms with Crippen LogP contribution < -0.4 is 19.7 Å². The van der Waals surface area contributed by atoms with Crippen LogP contribution in [0.5, 0.6) is 11.5 Å². The summed E-state index contributed by atoms with van der Waals surface area (Å²) in [6, 6.07) is 23.5. The van der Waals surface area contributed by atoms with E-state index >= 15 is 0 Å². The van der Waals surface area contributed by atoms with Crippen LogP contribution in [0.1, 0.15) is 22.8 Å². The van der Waals surface area contributed by atoms with Crippen LogP contribution >= 0.6 is 11.8 Å². The van der Waals surface area contributed by atoms with E-state index in [0.29, 0.717) is 30.9 Å². The number of rotatable bonds is 8. The molecule has 1 unspecified atom stereocenters. The van der Waals surface area contributed by atoms with Crippen LogP contribution in [-0.4, -0.2) is 39.1 Å². The second-order valence-corrected chi connectivity index (χ2v) is 9.20. The maximum atomic E-state index is 13.2. The zero-order valence-electron chi connectivity index (χ0n) is 19.3. The fourth-order valence-corrected chi connectivity index (χ4v) is 5.27. The lowest BCUT2D eigenvalue weighted by atomic mass is 10.1. The zero-order valence-corrected chi connectivity index (χ0v) is 20.1. The van der Waals surface area contributed by atoms with E-state index in [1.807, 2.05) is 72.8 Å². The van der Waals surface area contributed by atoms with Crippen molar-refractivity contribution >= 4 is 29.3 Å². The summed E-state index contributed by atoms with van der Waals surface area (Å²) in [5, 5.41) is 2.95. The summed E-state index contributed by atoms with van der Waals surface area (Å²) in [5.41, 5.74) is 2.92. The van der Waals surface area contributed by atoms with Gasteiger partial charge in [0, 0.05) is 23.1 Å². The van der Waals surface area contributed by atoms with Crippen LogP contribution in [-0.2, 0) is 16.0 Å². The second-order valence-electron chi connectivity index (χ2n) is 7.96. The molecule has 0 aromatic heterocycles. The minimum atomic E-state index is -0.188. The molecule has 1 heterocycles. The maximum absolute atomic E-state index is 13.2. The van der Waals surface area contributed by atoms with Crippen LogP contribution in [0.2, 0.25) is 0 Å². The molecule has 3 aromatic rings. The fourth-order valence-electron chi connectivity index (χ4n) is 3.99. The molecule has 0 spiro atoms. The molecule has 7 heteroatoms. The Morgan fingerprint density at radius 3 is 2.50 bits per heavy atom. The molecular formula is C27H28N2O4S. The summed E-state index contributed by atoms with van der Waals surface area (Å²) in [4.78, 5) is 28.6. The number of hydrogen-bond acceptors (Lipinski definition) is 5. The molecule has 0 aliphatic carbocycles. The molecule has 0 bridgehead atoms. The molecule has 0 saturated carbocycles. The average Bonchev–Trinajstić information content (AvgIpc) is 3.01. The van der Waals surface area contributed by atoms with Gasteiger partial charge < -0.3 is 19.7 Å². The van der Waals surface area contributed by atoms with E-state index in [9.17, 15) is 9.59 Å². The van der Waals surface area contributed by atoms with Gasteiger partial charge >= 0.3 is 0 Å². The number of para-hydroxylation sites is 1. The van der Waals surface area contributed by atoms with Gasteiger partial charge in [-0.1, -0.05) is 48.5 Å². The number of carbonyl (C=O) groups excluding carboxylic acids is 2. The van der Waals surface area contributed by atoms with E-state index in [0.717, 1.165) is 21.7 Å². The molecular weight excluding hydrogens is 448 g/mol. The lowest BCUT2D eigenvalue weighted by Crippen LogP contribution is -2.41. The number of anilines is 1. The van der Waals surface area contributed by atoms with E-state index in [-0.39, 0.29) is 23.6 Å². The van der Waals surface area contributed by atoms with Crippen LogP contribution in [0.15, 0.2) is 77.7 Å². The van der Waals surface area contributed by atoms with Crippen molar-refractivity contribution in [2.75, 3.05) is 32.2 Å². The average molecular weight is 477 g/mol. The SMILES string of the molecule is COc1ccc(CCNC(=O)CN2C(=O)CC(c3ccccc3)Sc3ccccc32)cc1OC. The molecule has 34 heavy (non-hydrogen) atoms. The number of benzene rings is 3. The normalized spacial score (nSPS) is 15.3. The highest BCUT2D eigenvalue weighted by molar-refractivity contribution is 7.99. The minimum Gasteiger partial charge on any atom is -0.493 e.